The van der Waals surface area contributed by atoms with Gasteiger partial charge in [-0.05, 0) is 78.9 Å². The van der Waals surface area contributed by atoms with Gasteiger partial charge in [-0.3, -0.25) is 14.7 Å². The Hall–Kier alpha value is -2.15. The third kappa shape index (κ3) is 6.52. The van der Waals surface area contributed by atoms with E-state index < -0.39 is 0 Å². The number of hydrogen-bond donors (Lipinski definition) is 0. The first-order chi connectivity index (χ1) is 18.5. The van der Waals surface area contributed by atoms with Crippen molar-refractivity contribution in [2.24, 2.45) is 4.99 Å². The second kappa shape index (κ2) is 12.8. The van der Waals surface area contributed by atoms with E-state index >= 15 is 0 Å². The molecule has 2 saturated carbocycles. The number of methoxy groups -OCH3 is 1. The number of nitrogens with zero attached hydrogens (tertiary/aromatic N) is 2. The van der Waals surface area contributed by atoms with Crippen LogP contribution in [0.25, 0.3) is 6.08 Å². The van der Waals surface area contributed by atoms with Crippen LogP contribution in [0.3, 0.4) is 0 Å². The number of halogens is 2. The Morgan fingerprint density at radius 2 is 1.68 bits per heavy atom. The highest BCUT2D eigenvalue weighted by Crippen LogP contribution is 2.41. The van der Waals surface area contributed by atoms with Crippen molar-refractivity contribution in [1.82, 2.24) is 4.90 Å². The van der Waals surface area contributed by atoms with E-state index in [0.717, 1.165) is 42.0 Å². The molecule has 0 aromatic heterocycles. The Kier molecular flexibility index (Phi) is 9.24. The molecule has 1 amide bonds. The molecule has 5 nitrogen and oxygen atoms in total. The SMILES string of the molecule is COc1cc(C=C2SC(=NC3CCCCC3)N(C3CCCCC3)C2=O)cc(Cl)c1OCc1ccc(Cl)cc1. The number of rotatable bonds is 7. The molecule has 3 fully saturated rings. The third-order valence-corrected chi connectivity index (χ3v) is 9.02. The van der Waals surface area contributed by atoms with E-state index in [-0.39, 0.29) is 11.9 Å². The lowest BCUT2D eigenvalue weighted by molar-refractivity contribution is -0.124. The Bertz CT molecular complexity index is 1200. The van der Waals surface area contributed by atoms with E-state index in [1.54, 1.807) is 7.11 Å². The zero-order chi connectivity index (χ0) is 26.5. The molecular formula is C30H34Cl2N2O3S. The van der Waals surface area contributed by atoms with E-state index in [4.69, 9.17) is 37.7 Å². The van der Waals surface area contributed by atoms with Crippen molar-refractivity contribution in [3.05, 3.63) is 62.5 Å². The average Bonchev–Trinajstić information content (AvgIpc) is 3.23. The van der Waals surface area contributed by atoms with Gasteiger partial charge >= 0.3 is 0 Å². The maximum Gasteiger partial charge on any atom is 0.266 e. The van der Waals surface area contributed by atoms with Crippen molar-refractivity contribution in [3.8, 4) is 11.5 Å². The molecular weight excluding hydrogens is 539 g/mol. The average molecular weight is 574 g/mol. The summed E-state index contributed by atoms with van der Waals surface area (Å²) < 4.78 is 11.6. The molecule has 2 aliphatic carbocycles. The number of thioether (sulfide) groups is 1. The van der Waals surface area contributed by atoms with Gasteiger partial charge in [-0.2, -0.15) is 0 Å². The molecule has 0 spiro atoms. The Balaban J connectivity index is 1.39. The zero-order valence-corrected chi connectivity index (χ0v) is 24.1. The van der Waals surface area contributed by atoms with Crippen LogP contribution >= 0.6 is 35.0 Å². The molecule has 8 heteroatoms. The fourth-order valence-electron chi connectivity index (χ4n) is 5.45. The maximum atomic E-state index is 13.7. The number of hydrogen-bond acceptors (Lipinski definition) is 5. The molecule has 5 rings (SSSR count). The summed E-state index contributed by atoms with van der Waals surface area (Å²) in [7, 11) is 1.59. The second-order valence-electron chi connectivity index (χ2n) is 10.2. The first-order valence-electron chi connectivity index (χ1n) is 13.6. The summed E-state index contributed by atoms with van der Waals surface area (Å²) in [6.45, 7) is 0.333. The summed E-state index contributed by atoms with van der Waals surface area (Å²) in [5, 5.41) is 1.98. The summed E-state index contributed by atoms with van der Waals surface area (Å²) in [6, 6.07) is 11.7. The molecule has 3 aliphatic rings. The first-order valence-corrected chi connectivity index (χ1v) is 15.1. The molecule has 0 unspecified atom stereocenters. The fourth-order valence-corrected chi connectivity index (χ4v) is 6.96. The van der Waals surface area contributed by atoms with Gasteiger partial charge in [0, 0.05) is 11.1 Å². The number of benzene rings is 2. The minimum absolute atomic E-state index is 0.0506. The van der Waals surface area contributed by atoms with Crippen LogP contribution in [0.2, 0.25) is 10.0 Å². The molecule has 1 aliphatic heterocycles. The van der Waals surface area contributed by atoms with E-state index in [1.807, 2.05) is 47.4 Å². The monoisotopic (exact) mass is 572 g/mol. The summed E-state index contributed by atoms with van der Waals surface area (Å²) in [6.07, 6.45) is 13.5. The number of amidine groups is 1. The third-order valence-electron chi connectivity index (χ3n) is 7.49. The summed E-state index contributed by atoms with van der Waals surface area (Å²) >= 11 is 14.1. The van der Waals surface area contributed by atoms with Crippen LogP contribution in [0.1, 0.15) is 75.3 Å². The Labute approximate surface area is 239 Å². The second-order valence-corrected chi connectivity index (χ2v) is 12.1. The summed E-state index contributed by atoms with van der Waals surface area (Å²) in [4.78, 5) is 21.5. The molecule has 0 radical (unpaired) electrons. The zero-order valence-electron chi connectivity index (χ0n) is 21.8. The van der Waals surface area contributed by atoms with E-state index in [9.17, 15) is 4.79 Å². The van der Waals surface area contributed by atoms with Gasteiger partial charge in [0.2, 0.25) is 0 Å². The van der Waals surface area contributed by atoms with Crippen molar-refractivity contribution in [1.29, 1.82) is 0 Å². The molecule has 38 heavy (non-hydrogen) atoms. The van der Waals surface area contributed by atoms with Gasteiger partial charge < -0.3 is 9.47 Å². The van der Waals surface area contributed by atoms with Crippen LogP contribution < -0.4 is 9.47 Å². The summed E-state index contributed by atoms with van der Waals surface area (Å²) in [5.74, 6) is 1.05. The van der Waals surface area contributed by atoms with Crippen LogP contribution in [0.15, 0.2) is 46.3 Å². The van der Waals surface area contributed by atoms with Gasteiger partial charge in [0.15, 0.2) is 16.7 Å². The van der Waals surface area contributed by atoms with Gasteiger partial charge in [-0.25, -0.2) is 0 Å². The fraction of sp³-hybridized carbons (Fsp3) is 0.467. The number of aliphatic imine (C=N–C) groups is 1. The molecule has 202 valence electrons. The highest BCUT2D eigenvalue weighted by atomic mass is 35.5. The predicted octanol–water partition coefficient (Wildman–Crippen LogP) is 8.52. The molecule has 2 aromatic rings. The van der Waals surface area contributed by atoms with E-state index in [0.29, 0.717) is 39.1 Å². The molecule has 0 atom stereocenters. The highest BCUT2D eigenvalue weighted by Gasteiger charge is 2.39. The quantitative estimate of drug-likeness (QED) is 0.312. The van der Waals surface area contributed by atoms with Crippen molar-refractivity contribution in [2.45, 2.75) is 82.9 Å². The van der Waals surface area contributed by atoms with Gasteiger partial charge in [-0.1, -0.05) is 73.9 Å². The number of amides is 1. The van der Waals surface area contributed by atoms with Gasteiger partial charge in [0.25, 0.3) is 5.91 Å². The smallest absolute Gasteiger partial charge is 0.266 e. The minimum Gasteiger partial charge on any atom is -0.493 e. The summed E-state index contributed by atoms with van der Waals surface area (Å²) in [5.41, 5.74) is 1.77. The standard InChI is InChI=1S/C30H34Cl2N2O3S/c1-36-26-17-21(16-25(32)28(26)37-19-20-12-14-22(31)15-13-20)18-27-29(35)34(24-10-6-3-7-11-24)30(38-27)33-23-8-4-2-5-9-23/h12-18,23-24H,2-11,19H2,1H3. The Morgan fingerprint density at radius 3 is 2.37 bits per heavy atom. The van der Waals surface area contributed by atoms with Crippen LogP contribution in [0, 0.1) is 0 Å². The van der Waals surface area contributed by atoms with Gasteiger partial charge in [-0.15, -0.1) is 0 Å². The largest absolute Gasteiger partial charge is 0.493 e. The van der Waals surface area contributed by atoms with Crippen LogP contribution in [0.5, 0.6) is 11.5 Å². The molecule has 1 heterocycles. The van der Waals surface area contributed by atoms with Gasteiger partial charge in [0.1, 0.15) is 6.61 Å². The van der Waals surface area contributed by atoms with Crippen molar-refractivity contribution < 1.29 is 14.3 Å². The molecule has 1 saturated heterocycles. The molecule has 0 bridgehead atoms. The minimum atomic E-state index is 0.0506. The normalized spacial score (nSPS) is 21.4. The molecule has 0 N–H and O–H groups in total. The van der Waals surface area contributed by atoms with E-state index in [2.05, 4.69) is 0 Å². The van der Waals surface area contributed by atoms with Crippen molar-refractivity contribution in [2.75, 3.05) is 7.11 Å². The highest BCUT2D eigenvalue weighted by molar-refractivity contribution is 8.18. The number of carbonyl (C=O) groups is 1. The van der Waals surface area contributed by atoms with Gasteiger partial charge in [0.05, 0.1) is 23.1 Å². The lowest BCUT2D eigenvalue weighted by atomic mass is 9.94. The topological polar surface area (TPSA) is 51.1 Å². The predicted molar refractivity (Wildman–Crippen MR) is 157 cm³/mol. The van der Waals surface area contributed by atoms with Crippen LogP contribution in [-0.4, -0.2) is 35.2 Å². The maximum absolute atomic E-state index is 13.7. The van der Waals surface area contributed by atoms with Crippen molar-refractivity contribution in [3.63, 3.8) is 0 Å². The number of ether oxygens (including phenoxy) is 2. The van der Waals surface area contributed by atoms with Crippen LogP contribution in [-0.2, 0) is 11.4 Å². The van der Waals surface area contributed by atoms with Crippen LogP contribution in [0.4, 0.5) is 0 Å². The Morgan fingerprint density at radius 1 is 1.00 bits per heavy atom. The van der Waals surface area contributed by atoms with E-state index in [1.165, 1.54) is 50.3 Å². The lowest BCUT2D eigenvalue weighted by Gasteiger charge is -2.31. The lowest BCUT2D eigenvalue weighted by Crippen LogP contribution is -2.41. The van der Waals surface area contributed by atoms with Crippen molar-refractivity contribution >= 4 is 52.1 Å². The number of carbonyl (C=O) groups excluding carboxylic acids is 1. The first kappa shape index (κ1) is 27.4. The molecule has 2 aromatic carbocycles.